The SMILES string of the molecule is C=C(C(=O)Oc1ccc(F)cc1F)C(O)c1nccs1. The number of rotatable bonds is 4. The van der Waals surface area contributed by atoms with Crippen LogP contribution in [0.15, 0.2) is 41.9 Å². The van der Waals surface area contributed by atoms with Gasteiger partial charge in [0.1, 0.15) is 16.9 Å². The fourth-order valence-electron chi connectivity index (χ4n) is 1.35. The van der Waals surface area contributed by atoms with E-state index in [2.05, 4.69) is 11.6 Å². The Labute approximate surface area is 117 Å². The largest absolute Gasteiger partial charge is 0.420 e. The van der Waals surface area contributed by atoms with Crippen LogP contribution >= 0.6 is 11.3 Å². The maximum atomic E-state index is 13.3. The lowest BCUT2D eigenvalue weighted by Gasteiger charge is -2.11. The molecule has 1 aromatic carbocycles. The summed E-state index contributed by atoms with van der Waals surface area (Å²) in [7, 11) is 0. The summed E-state index contributed by atoms with van der Waals surface area (Å²) in [6.45, 7) is 3.40. The highest BCUT2D eigenvalue weighted by Crippen LogP contribution is 2.25. The maximum Gasteiger partial charge on any atom is 0.342 e. The van der Waals surface area contributed by atoms with Crippen LogP contribution in [-0.2, 0) is 4.79 Å². The third-order valence-electron chi connectivity index (χ3n) is 2.37. The molecule has 0 spiro atoms. The Hall–Kier alpha value is -2.12. The molecule has 20 heavy (non-hydrogen) atoms. The first-order chi connectivity index (χ1) is 9.49. The zero-order valence-corrected chi connectivity index (χ0v) is 10.9. The van der Waals surface area contributed by atoms with E-state index in [1.807, 2.05) is 0 Å². The summed E-state index contributed by atoms with van der Waals surface area (Å²) in [5, 5.41) is 11.7. The molecule has 2 rings (SSSR count). The summed E-state index contributed by atoms with van der Waals surface area (Å²) in [5.74, 6) is -3.26. The lowest BCUT2D eigenvalue weighted by Crippen LogP contribution is -2.16. The Kier molecular flexibility index (Phi) is 4.21. The summed E-state index contributed by atoms with van der Waals surface area (Å²) in [5.41, 5.74) is -0.288. The van der Waals surface area contributed by atoms with Crippen LogP contribution in [-0.4, -0.2) is 16.1 Å². The van der Waals surface area contributed by atoms with Gasteiger partial charge in [0.15, 0.2) is 11.6 Å². The summed E-state index contributed by atoms with van der Waals surface area (Å²) in [4.78, 5) is 15.6. The predicted octanol–water partition coefficient (Wildman–Crippen LogP) is 2.62. The van der Waals surface area contributed by atoms with E-state index in [1.54, 1.807) is 5.38 Å². The molecule has 104 valence electrons. The molecule has 0 aliphatic heterocycles. The van der Waals surface area contributed by atoms with Gasteiger partial charge in [-0.1, -0.05) is 6.58 Å². The molecule has 0 aliphatic rings. The smallest absolute Gasteiger partial charge is 0.342 e. The molecule has 0 aliphatic carbocycles. The number of aromatic nitrogens is 1. The van der Waals surface area contributed by atoms with Crippen molar-refractivity contribution in [1.29, 1.82) is 0 Å². The van der Waals surface area contributed by atoms with Crippen molar-refractivity contribution >= 4 is 17.3 Å². The standard InChI is InChI=1S/C13H9F2NO3S/c1-7(11(17)12-16-4-5-20-12)13(18)19-10-3-2-8(14)6-9(10)15/h2-6,11,17H,1H2. The van der Waals surface area contributed by atoms with Crippen LogP contribution in [0.3, 0.4) is 0 Å². The topological polar surface area (TPSA) is 59.4 Å². The van der Waals surface area contributed by atoms with Crippen LogP contribution in [0.2, 0.25) is 0 Å². The van der Waals surface area contributed by atoms with E-state index in [9.17, 15) is 18.7 Å². The highest BCUT2D eigenvalue weighted by molar-refractivity contribution is 7.09. The number of hydrogen-bond donors (Lipinski definition) is 1. The van der Waals surface area contributed by atoms with Gasteiger partial charge in [-0.3, -0.25) is 0 Å². The second-order valence-electron chi connectivity index (χ2n) is 3.76. The third kappa shape index (κ3) is 3.06. The van der Waals surface area contributed by atoms with Crippen LogP contribution in [0, 0.1) is 11.6 Å². The molecule has 1 unspecified atom stereocenters. The van der Waals surface area contributed by atoms with E-state index in [0.29, 0.717) is 6.07 Å². The average Bonchev–Trinajstić information content (AvgIpc) is 2.94. The van der Waals surface area contributed by atoms with Gasteiger partial charge in [0.25, 0.3) is 0 Å². The third-order valence-corrected chi connectivity index (χ3v) is 3.20. The fraction of sp³-hybridized carbons (Fsp3) is 0.0769. The van der Waals surface area contributed by atoms with Crippen molar-refractivity contribution in [3.63, 3.8) is 0 Å². The molecule has 1 heterocycles. The minimum atomic E-state index is -1.33. The first-order valence-corrected chi connectivity index (χ1v) is 6.30. The number of aliphatic hydroxyl groups excluding tert-OH is 1. The van der Waals surface area contributed by atoms with Crippen molar-refractivity contribution in [2.75, 3.05) is 0 Å². The zero-order chi connectivity index (χ0) is 14.7. The number of aliphatic hydroxyl groups is 1. The molecule has 0 bridgehead atoms. The van der Waals surface area contributed by atoms with Gasteiger partial charge in [-0.2, -0.15) is 0 Å². The highest BCUT2D eigenvalue weighted by atomic mass is 32.1. The summed E-state index contributed by atoms with van der Waals surface area (Å²) >= 11 is 1.13. The number of ether oxygens (including phenoxy) is 1. The highest BCUT2D eigenvalue weighted by Gasteiger charge is 2.23. The maximum absolute atomic E-state index is 13.3. The van der Waals surface area contributed by atoms with E-state index >= 15 is 0 Å². The van der Waals surface area contributed by atoms with Crippen LogP contribution in [0.25, 0.3) is 0 Å². The van der Waals surface area contributed by atoms with E-state index in [4.69, 9.17) is 4.74 Å². The molecular weight excluding hydrogens is 288 g/mol. The molecule has 1 aromatic heterocycles. The quantitative estimate of drug-likeness (QED) is 0.535. The Bertz CT molecular complexity index is 643. The molecule has 0 amide bonds. The first kappa shape index (κ1) is 14.3. The van der Waals surface area contributed by atoms with Crippen molar-refractivity contribution in [3.05, 3.63) is 58.6 Å². The van der Waals surface area contributed by atoms with Crippen molar-refractivity contribution in [2.45, 2.75) is 6.10 Å². The Morgan fingerprint density at radius 2 is 2.20 bits per heavy atom. The van der Waals surface area contributed by atoms with Gasteiger partial charge in [-0.15, -0.1) is 11.3 Å². The normalized spacial score (nSPS) is 11.9. The summed E-state index contributed by atoms with van der Waals surface area (Å²) < 4.78 is 30.8. The Morgan fingerprint density at radius 1 is 1.45 bits per heavy atom. The number of halogens is 2. The van der Waals surface area contributed by atoms with Gasteiger partial charge in [0.2, 0.25) is 0 Å². The second-order valence-corrected chi connectivity index (χ2v) is 4.69. The van der Waals surface area contributed by atoms with E-state index in [0.717, 1.165) is 23.5 Å². The molecule has 1 N–H and O–H groups in total. The number of hydrogen-bond acceptors (Lipinski definition) is 5. The molecule has 1 atom stereocenters. The average molecular weight is 297 g/mol. The molecule has 0 saturated heterocycles. The Morgan fingerprint density at radius 3 is 2.80 bits per heavy atom. The van der Waals surface area contributed by atoms with Gasteiger partial charge in [-0.05, 0) is 12.1 Å². The lowest BCUT2D eigenvalue weighted by molar-refractivity contribution is -0.131. The van der Waals surface area contributed by atoms with E-state index in [1.165, 1.54) is 6.20 Å². The van der Waals surface area contributed by atoms with Gasteiger partial charge in [0.05, 0.1) is 5.57 Å². The molecule has 0 saturated carbocycles. The van der Waals surface area contributed by atoms with Gasteiger partial charge in [-0.25, -0.2) is 18.6 Å². The lowest BCUT2D eigenvalue weighted by atomic mass is 10.2. The van der Waals surface area contributed by atoms with Crippen molar-refractivity contribution in [2.24, 2.45) is 0 Å². The van der Waals surface area contributed by atoms with Crippen LogP contribution < -0.4 is 4.74 Å². The number of esters is 1. The van der Waals surface area contributed by atoms with Crippen LogP contribution in [0.1, 0.15) is 11.1 Å². The number of carbonyl (C=O) groups is 1. The number of carbonyl (C=O) groups excluding carboxylic acids is 1. The molecule has 7 heteroatoms. The minimum Gasteiger partial charge on any atom is -0.420 e. The second kappa shape index (κ2) is 5.89. The van der Waals surface area contributed by atoms with Crippen LogP contribution in [0.4, 0.5) is 8.78 Å². The molecule has 0 radical (unpaired) electrons. The fourth-order valence-corrected chi connectivity index (χ4v) is 2.01. The van der Waals surface area contributed by atoms with E-state index < -0.39 is 29.5 Å². The minimum absolute atomic E-state index is 0.270. The summed E-state index contributed by atoms with van der Waals surface area (Å²) in [6.07, 6.45) is 0.132. The molecular formula is C13H9F2NO3S. The van der Waals surface area contributed by atoms with Crippen LogP contribution in [0.5, 0.6) is 5.75 Å². The van der Waals surface area contributed by atoms with Crippen molar-refractivity contribution in [3.8, 4) is 5.75 Å². The zero-order valence-electron chi connectivity index (χ0n) is 10.0. The summed E-state index contributed by atoms with van der Waals surface area (Å²) in [6, 6.07) is 2.51. The molecule has 0 fully saturated rings. The number of thiazole rings is 1. The predicted molar refractivity (Wildman–Crippen MR) is 68.2 cm³/mol. The monoisotopic (exact) mass is 297 g/mol. The van der Waals surface area contributed by atoms with E-state index in [-0.39, 0.29) is 10.6 Å². The number of nitrogens with zero attached hydrogens (tertiary/aromatic N) is 1. The van der Waals surface area contributed by atoms with Gasteiger partial charge >= 0.3 is 5.97 Å². The Balaban J connectivity index is 2.10. The molecule has 4 nitrogen and oxygen atoms in total. The first-order valence-electron chi connectivity index (χ1n) is 5.42. The molecule has 2 aromatic rings. The number of benzene rings is 1. The van der Waals surface area contributed by atoms with Gasteiger partial charge < -0.3 is 9.84 Å². The van der Waals surface area contributed by atoms with Crippen molar-refractivity contribution in [1.82, 2.24) is 4.98 Å². The van der Waals surface area contributed by atoms with Gasteiger partial charge in [0, 0.05) is 17.6 Å². The van der Waals surface area contributed by atoms with Crippen molar-refractivity contribution < 1.29 is 23.4 Å².